The van der Waals surface area contributed by atoms with Crippen LogP contribution < -0.4 is 0 Å². The van der Waals surface area contributed by atoms with Crippen LogP contribution >= 0.6 is 55.1 Å². The molecule has 0 fully saturated rings. The Kier molecular flexibility index (Phi) is 3.65. The first-order valence-corrected chi connectivity index (χ1v) is 4.01. The highest BCUT2D eigenvalue weighted by Gasteiger charge is 2.38. The zero-order valence-corrected chi connectivity index (χ0v) is 8.51. The second-order valence-electron chi connectivity index (χ2n) is 1.12. The van der Waals surface area contributed by atoms with Gasteiger partial charge in [-0.25, -0.2) is 0 Å². The molecule has 0 heterocycles. The van der Waals surface area contributed by atoms with E-state index in [4.69, 9.17) is 23.2 Å². The molecule has 0 N–H and O–H groups in total. The Bertz CT molecular complexity index is 140. The number of carbonyl (C=O) groups excluding carboxylic acids is 2. The molecule has 2 nitrogen and oxygen atoms in total. The van der Waals surface area contributed by atoms with E-state index in [1.165, 1.54) is 0 Å². The smallest absolute Gasteiger partial charge is 0.258 e. The monoisotopic (exact) mass is 296 g/mol. The summed E-state index contributed by atoms with van der Waals surface area (Å²) in [6.07, 6.45) is 0. The minimum absolute atomic E-state index is 0.900. The maximum absolute atomic E-state index is 10.3. The van der Waals surface area contributed by atoms with E-state index in [9.17, 15) is 9.59 Å². The molecule has 0 bridgehead atoms. The van der Waals surface area contributed by atoms with E-state index in [0.717, 1.165) is 0 Å². The maximum Gasteiger partial charge on any atom is 0.258 e. The van der Waals surface area contributed by atoms with Gasteiger partial charge in [0.1, 0.15) is 0 Å². The van der Waals surface area contributed by atoms with Gasteiger partial charge in [-0.15, -0.1) is 0 Å². The van der Waals surface area contributed by atoms with E-state index >= 15 is 0 Å². The fraction of sp³-hybridized carbons (Fsp3) is 0.333. The first-order chi connectivity index (χ1) is 3.89. The van der Waals surface area contributed by atoms with Crippen molar-refractivity contribution in [3.63, 3.8) is 0 Å². The van der Waals surface area contributed by atoms with E-state index < -0.39 is 13.7 Å². The summed E-state index contributed by atoms with van der Waals surface area (Å²) in [5.74, 6) is 0. The van der Waals surface area contributed by atoms with Gasteiger partial charge < -0.3 is 0 Å². The van der Waals surface area contributed by atoms with Crippen LogP contribution in [0.1, 0.15) is 0 Å². The Labute approximate surface area is 78.1 Å². The quantitative estimate of drug-likeness (QED) is 0.444. The zero-order chi connectivity index (χ0) is 7.65. The van der Waals surface area contributed by atoms with Crippen molar-refractivity contribution in [3.05, 3.63) is 0 Å². The maximum atomic E-state index is 10.3. The highest BCUT2D eigenvalue weighted by molar-refractivity contribution is 9.26. The molecule has 0 aliphatic heterocycles. The summed E-state index contributed by atoms with van der Waals surface area (Å²) in [4.78, 5) is 20.5. The Balaban J connectivity index is 4.38. The largest absolute Gasteiger partial charge is 0.278 e. The van der Waals surface area contributed by atoms with Gasteiger partial charge in [0, 0.05) is 0 Å². The normalized spacial score (nSPS) is 11.1. The van der Waals surface area contributed by atoms with Crippen LogP contribution in [-0.4, -0.2) is 13.7 Å². The second-order valence-corrected chi connectivity index (χ2v) is 5.25. The van der Waals surface area contributed by atoms with Crippen molar-refractivity contribution in [3.8, 4) is 0 Å². The van der Waals surface area contributed by atoms with Crippen LogP contribution in [0.25, 0.3) is 0 Å². The third-order valence-electron chi connectivity index (χ3n) is 0.494. The van der Waals surface area contributed by atoms with Gasteiger partial charge >= 0.3 is 0 Å². The molecule has 0 atom stereocenters. The van der Waals surface area contributed by atoms with Crippen LogP contribution in [0.4, 0.5) is 0 Å². The number of carbonyl (C=O) groups is 2. The fourth-order valence-corrected chi connectivity index (χ4v) is 0.297. The molecule has 0 amide bonds. The molecule has 0 aromatic heterocycles. The third-order valence-corrected chi connectivity index (χ3v) is 3.41. The lowest BCUT2D eigenvalue weighted by atomic mass is 10.5. The Hall–Kier alpha value is 0.880. The third kappa shape index (κ3) is 2.53. The lowest BCUT2D eigenvalue weighted by Crippen LogP contribution is -2.26. The minimum Gasteiger partial charge on any atom is -0.278 e. The fourth-order valence-electron chi connectivity index (χ4n) is 0.0773. The number of rotatable bonds is 2. The molecular formula is C3Br2Cl2O2. The summed E-state index contributed by atoms with van der Waals surface area (Å²) in [7, 11) is 0. The van der Waals surface area contributed by atoms with Crippen molar-refractivity contribution in [2.24, 2.45) is 0 Å². The van der Waals surface area contributed by atoms with Crippen LogP contribution in [0.15, 0.2) is 0 Å². The standard InChI is InChI=1S/C3Br2Cl2O2/c4-3(5,1(6)8)2(7)9. The van der Waals surface area contributed by atoms with Crippen molar-refractivity contribution >= 4 is 65.5 Å². The Morgan fingerprint density at radius 3 is 1.33 bits per heavy atom. The second kappa shape index (κ2) is 3.32. The summed E-state index contributed by atoms with van der Waals surface area (Å²) >= 11 is 15.2. The van der Waals surface area contributed by atoms with E-state index in [1.54, 1.807) is 0 Å². The topological polar surface area (TPSA) is 34.1 Å². The van der Waals surface area contributed by atoms with Gasteiger partial charge in [-0.2, -0.15) is 0 Å². The van der Waals surface area contributed by atoms with Crippen LogP contribution in [-0.2, 0) is 9.59 Å². The van der Waals surface area contributed by atoms with E-state index in [2.05, 4.69) is 31.9 Å². The first-order valence-electron chi connectivity index (χ1n) is 1.66. The molecule has 52 valence electrons. The van der Waals surface area contributed by atoms with Crippen molar-refractivity contribution in [2.45, 2.75) is 3.23 Å². The van der Waals surface area contributed by atoms with Gasteiger partial charge in [-0.1, -0.05) is 31.9 Å². The predicted molar refractivity (Wildman–Crippen MR) is 42.3 cm³/mol. The molecule has 6 heteroatoms. The van der Waals surface area contributed by atoms with E-state index in [-0.39, 0.29) is 0 Å². The molecule has 0 aromatic rings. The molecule has 0 saturated heterocycles. The van der Waals surface area contributed by atoms with E-state index in [0.29, 0.717) is 0 Å². The summed E-state index contributed by atoms with van der Waals surface area (Å²) in [6.45, 7) is 0. The average molecular weight is 299 g/mol. The van der Waals surface area contributed by atoms with Gasteiger partial charge in [0.25, 0.3) is 10.5 Å². The van der Waals surface area contributed by atoms with Gasteiger partial charge in [-0.05, 0) is 23.2 Å². The average Bonchev–Trinajstić information content (AvgIpc) is 1.65. The van der Waals surface area contributed by atoms with Crippen molar-refractivity contribution in [1.82, 2.24) is 0 Å². The summed E-state index contributed by atoms with van der Waals surface area (Å²) < 4.78 is -1.62. The van der Waals surface area contributed by atoms with Crippen LogP contribution in [0.3, 0.4) is 0 Å². The molecule has 0 spiro atoms. The van der Waals surface area contributed by atoms with Crippen LogP contribution in [0.2, 0.25) is 0 Å². The Morgan fingerprint density at radius 1 is 1.11 bits per heavy atom. The lowest BCUT2D eigenvalue weighted by molar-refractivity contribution is -0.118. The van der Waals surface area contributed by atoms with Gasteiger partial charge in [0.05, 0.1) is 0 Å². The first kappa shape index (κ1) is 9.88. The molecular weight excluding hydrogens is 299 g/mol. The molecule has 0 aliphatic rings. The number of hydrogen-bond donors (Lipinski definition) is 0. The number of alkyl halides is 2. The van der Waals surface area contributed by atoms with Gasteiger partial charge in [0.15, 0.2) is 0 Å². The summed E-state index contributed by atoms with van der Waals surface area (Å²) in [5.41, 5.74) is 0. The lowest BCUT2D eigenvalue weighted by Gasteiger charge is -2.06. The van der Waals surface area contributed by atoms with Crippen LogP contribution in [0, 0.1) is 0 Å². The minimum atomic E-state index is -1.62. The van der Waals surface area contributed by atoms with Crippen molar-refractivity contribution in [1.29, 1.82) is 0 Å². The summed E-state index contributed by atoms with van der Waals surface area (Å²) in [5, 5.41) is -1.80. The summed E-state index contributed by atoms with van der Waals surface area (Å²) in [6, 6.07) is 0. The molecule has 0 rings (SSSR count). The van der Waals surface area contributed by atoms with Crippen molar-refractivity contribution in [2.75, 3.05) is 0 Å². The van der Waals surface area contributed by atoms with Gasteiger partial charge in [0.2, 0.25) is 3.23 Å². The SMILES string of the molecule is O=C(Cl)C(Br)(Br)C(=O)Cl. The highest BCUT2D eigenvalue weighted by Crippen LogP contribution is 2.31. The molecule has 9 heavy (non-hydrogen) atoms. The molecule has 0 aliphatic carbocycles. The molecule has 0 unspecified atom stereocenters. The number of halogens is 4. The van der Waals surface area contributed by atoms with E-state index in [1.807, 2.05) is 0 Å². The molecule has 0 saturated carbocycles. The van der Waals surface area contributed by atoms with Gasteiger partial charge in [-0.3, -0.25) is 9.59 Å². The predicted octanol–water partition coefficient (Wildman–Crippen LogP) is 2.00. The zero-order valence-electron chi connectivity index (χ0n) is 3.83. The Morgan fingerprint density at radius 2 is 1.33 bits per heavy atom. The number of hydrogen-bond acceptors (Lipinski definition) is 2. The van der Waals surface area contributed by atoms with Crippen LogP contribution in [0.5, 0.6) is 0 Å². The highest BCUT2D eigenvalue weighted by atomic mass is 79.9. The molecule has 0 radical (unpaired) electrons. The molecule has 0 aromatic carbocycles. The van der Waals surface area contributed by atoms with Crippen molar-refractivity contribution < 1.29 is 9.59 Å².